The van der Waals surface area contributed by atoms with Crippen molar-refractivity contribution in [3.8, 4) is 0 Å². The molecule has 1 aliphatic heterocycles. The number of sulfone groups is 1. The molecule has 17 heavy (non-hydrogen) atoms. The highest BCUT2D eigenvalue weighted by Gasteiger charge is 2.58. The van der Waals surface area contributed by atoms with Crippen LogP contribution in [-0.4, -0.2) is 18.3 Å². The molecule has 3 rings (SSSR count). The highest BCUT2D eigenvalue weighted by atomic mass is 79.9. The minimum Gasteiger partial charge on any atom is -0.387 e. The molecule has 3 nitrogen and oxygen atoms in total. The van der Waals surface area contributed by atoms with Gasteiger partial charge in [0, 0.05) is 10.0 Å². The number of hydrogen-bond donors (Lipinski definition) is 1. The lowest BCUT2D eigenvalue weighted by Gasteiger charge is -2.25. The highest BCUT2D eigenvalue weighted by Crippen LogP contribution is 2.55. The van der Waals surface area contributed by atoms with Gasteiger partial charge >= 0.3 is 0 Å². The molecular weight excluding hydrogens is 304 g/mol. The zero-order valence-electron chi connectivity index (χ0n) is 9.19. The molecule has 0 radical (unpaired) electrons. The van der Waals surface area contributed by atoms with Gasteiger partial charge in [-0.3, -0.25) is 0 Å². The van der Waals surface area contributed by atoms with Gasteiger partial charge in [-0.05, 0) is 31.0 Å². The first kappa shape index (κ1) is 11.7. The summed E-state index contributed by atoms with van der Waals surface area (Å²) in [7, 11) is -3.38. The van der Waals surface area contributed by atoms with Crippen LogP contribution in [0, 0.1) is 0 Å². The molecule has 0 bridgehead atoms. The molecule has 1 heterocycles. The Kier molecular flexibility index (Phi) is 2.44. The van der Waals surface area contributed by atoms with Crippen molar-refractivity contribution in [3.63, 3.8) is 0 Å². The summed E-state index contributed by atoms with van der Waals surface area (Å²) in [5, 5.41) is 10.4. The van der Waals surface area contributed by atoms with Gasteiger partial charge in [0.1, 0.15) is 10.9 Å². The summed E-state index contributed by atoms with van der Waals surface area (Å²) in [5.74, 6) is 0. The van der Waals surface area contributed by atoms with Crippen LogP contribution in [0.1, 0.15) is 37.4 Å². The molecule has 0 amide bonds. The summed E-state index contributed by atoms with van der Waals surface area (Å²) in [5.41, 5.74) is 0.557. The molecule has 1 aromatic rings. The number of halogens is 1. The maximum absolute atomic E-state index is 12.6. The lowest BCUT2D eigenvalue weighted by molar-refractivity contribution is 0.131. The first-order valence-corrected chi connectivity index (χ1v) is 7.99. The van der Waals surface area contributed by atoms with E-state index in [2.05, 4.69) is 15.9 Å². The van der Waals surface area contributed by atoms with E-state index in [9.17, 15) is 13.5 Å². The molecule has 1 atom stereocenters. The fourth-order valence-corrected chi connectivity index (χ4v) is 5.93. The molecule has 1 aromatic carbocycles. The molecule has 1 aliphatic carbocycles. The van der Waals surface area contributed by atoms with Gasteiger partial charge in [-0.25, -0.2) is 8.42 Å². The standard InChI is InChI=1S/C12H13BrO3S/c13-8-3-4-10-9(7-8)11(14)12(17(10,15)16)5-1-2-6-12/h3-4,7,11,14H,1-2,5-6H2. The lowest BCUT2D eigenvalue weighted by atomic mass is 9.94. The second-order valence-corrected chi connectivity index (χ2v) is 8.04. The summed E-state index contributed by atoms with van der Waals surface area (Å²) < 4.78 is 25.0. The summed E-state index contributed by atoms with van der Waals surface area (Å²) in [4.78, 5) is 0.315. The number of benzene rings is 1. The Balaban J connectivity index is 2.28. The van der Waals surface area contributed by atoms with E-state index in [-0.39, 0.29) is 0 Å². The van der Waals surface area contributed by atoms with Crippen molar-refractivity contribution in [3.05, 3.63) is 28.2 Å². The predicted molar refractivity (Wildman–Crippen MR) is 67.5 cm³/mol. The zero-order valence-corrected chi connectivity index (χ0v) is 11.6. The smallest absolute Gasteiger partial charge is 0.187 e. The summed E-state index contributed by atoms with van der Waals surface area (Å²) >= 11 is 3.32. The van der Waals surface area contributed by atoms with E-state index < -0.39 is 20.7 Å². The predicted octanol–water partition coefficient (Wildman–Crippen LogP) is 2.58. The SMILES string of the molecule is O=S1(=O)c2ccc(Br)cc2C(O)C12CCCC2. The first-order valence-electron chi connectivity index (χ1n) is 5.71. The van der Waals surface area contributed by atoms with E-state index in [0.29, 0.717) is 23.3 Å². The average molecular weight is 317 g/mol. The van der Waals surface area contributed by atoms with Crippen molar-refractivity contribution in [2.45, 2.75) is 41.4 Å². The van der Waals surface area contributed by atoms with Crippen molar-refractivity contribution in [1.29, 1.82) is 0 Å². The molecule has 0 aromatic heterocycles. The van der Waals surface area contributed by atoms with E-state index >= 15 is 0 Å². The maximum atomic E-state index is 12.6. The van der Waals surface area contributed by atoms with Crippen LogP contribution in [0.15, 0.2) is 27.6 Å². The summed E-state index contributed by atoms with van der Waals surface area (Å²) in [6, 6.07) is 5.05. The van der Waals surface area contributed by atoms with Gasteiger partial charge in [0.15, 0.2) is 9.84 Å². The van der Waals surface area contributed by atoms with Crippen LogP contribution in [0.3, 0.4) is 0 Å². The third-order valence-corrected chi connectivity index (χ3v) is 7.19. The molecule has 1 saturated carbocycles. The Morgan fingerprint density at radius 2 is 1.94 bits per heavy atom. The Morgan fingerprint density at radius 3 is 2.59 bits per heavy atom. The summed E-state index contributed by atoms with van der Waals surface area (Å²) in [6.07, 6.45) is 2.03. The third-order valence-electron chi connectivity index (χ3n) is 4.04. The zero-order chi connectivity index (χ0) is 12.3. The molecular formula is C12H13BrO3S. The number of fused-ring (bicyclic) bond motifs is 1. The lowest BCUT2D eigenvalue weighted by Crippen LogP contribution is -2.36. The number of rotatable bonds is 0. The van der Waals surface area contributed by atoms with Gasteiger partial charge in [0.2, 0.25) is 0 Å². The fraction of sp³-hybridized carbons (Fsp3) is 0.500. The van der Waals surface area contributed by atoms with Crippen molar-refractivity contribution in [1.82, 2.24) is 0 Å². The van der Waals surface area contributed by atoms with Crippen molar-refractivity contribution in [2.24, 2.45) is 0 Å². The van der Waals surface area contributed by atoms with E-state index in [0.717, 1.165) is 17.3 Å². The van der Waals surface area contributed by atoms with Gasteiger partial charge in [0.25, 0.3) is 0 Å². The van der Waals surface area contributed by atoms with Crippen LogP contribution in [-0.2, 0) is 9.84 Å². The molecule has 1 N–H and O–H groups in total. The average Bonchev–Trinajstić information content (AvgIpc) is 2.82. The highest BCUT2D eigenvalue weighted by molar-refractivity contribution is 9.10. The quantitative estimate of drug-likeness (QED) is 0.800. The summed E-state index contributed by atoms with van der Waals surface area (Å²) in [6.45, 7) is 0. The van der Waals surface area contributed by atoms with Crippen LogP contribution in [0.4, 0.5) is 0 Å². The Labute approximate surface area is 109 Å². The van der Waals surface area contributed by atoms with E-state index in [4.69, 9.17) is 0 Å². The number of aliphatic hydroxyl groups excluding tert-OH is 1. The third kappa shape index (κ3) is 1.33. The maximum Gasteiger partial charge on any atom is 0.187 e. The Hall–Kier alpha value is -0.390. The van der Waals surface area contributed by atoms with Gasteiger partial charge in [0.05, 0.1) is 4.90 Å². The topological polar surface area (TPSA) is 54.4 Å². The molecule has 2 aliphatic rings. The molecule has 1 fully saturated rings. The van der Waals surface area contributed by atoms with E-state index in [1.165, 1.54) is 0 Å². The van der Waals surface area contributed by atoms with Crippen LogP contribution in [0.5, 0.6) is 0 Å². The van der Waals surface area contributed by atoms with Gasteiger partial charge in [-0.15, -0.1) is 0 Å². The van der Waals surface area contributed by atoms with Crippen LogP contribution in [0.2, 0.25) is 0 Å². The first-order chi connectivity index (χ1) is 7.99. The number of aliphatic hydroxyl groups is 1. The minimum atomic E-state index is -3.38. The molecule has 92 valence electrons. The molecule has 5 heteroatoms. The number of hydrogen-bond acceptors (Lipinski definition) is 3. The monoisotopic (exact) mass is 316 g/mol. The second kappa shape index (κ2) is 3.56. The van der Waals surface area contributed by atoms with Gasteiger partial charge < -0.3 is 5.11 Å². The Morgan fingerprint density at radius 1 is 1.29 bits per heavy atom. The van der Waals surface area contributed by atoms with E-state index in [1.807, 2.05) is 0 Å². The van der Waals surface area contributed by atoms with Crippen LogP contribution >= 0.6 is 15.9 Å². The fourth-order valence-electron chi connectivity index (χ4n) is 3.14. The van der Waals surface area contributed by atoms with Crippen LogP contribution in [0.25, 0.3) is 0 Å². The van der Waals surface area contributed by atoms with Crippen LogP contribution < -0.4 is 0 Å². The minimum absolute atomic E-state index is 0.315. The van der Waals surface area contributed by atoms with Crippen molar-refractivity contribution in [2.75, 3.05) is 0 Å². The molecule has 1 unspecified atom stereocenters. The molecule has 0 saturated heterocycles. The van der Waals surface area contributed by atoms with Crippen molar-refractivity contribution >= 4 is 25.8 Å². The van der Waals surface area contributed by atoms with Crippen molar-refractivity contribution < 1.29 is 13.5 Å². The normalized spacial score (nSPS) is 28.5. The van der Waals surface area contributed by atoms with E-state index in [1.54, 1.807) is 18.2 Å². The van der Waals surface area contributed by atoms with Gasteiger partial charge in [-0.1, -0.05) is 28.8 Å². The van der Waals surface area contributed by atoms with Gasteiger partial charge in [-0.2, -0.15) is 0 Å². The second-order valence-electron chi connectivity index (χ2n) is 4.86. The Bertz CT molecular complexity index is 573. The largest absolute Gasteiger partial charge is 0.387 e. The molecule has 1 spiro atoms.